The maximum absolute atomic E-state index is 12.1. The predicted octanol–water partition coefficient (Wildman–Crippen LogP) is 8.98. The Kier molecular flexibility index (Phi) is 28.1. The van der Waals surface area contributed by atoms with Crippen LogP contribution < -0.4 is 0 Å². The molecular weight excluding hydrogens is 516 g/mol. The highest BCUT2D eigenvalue weighted by Gasteiger charge is 2.16. The number of unbranched alkanes of at least 4 members (excludes halogenated alkanes) is 14. The maximum Gasteiger partial charge on any atom is 0.306 e. The van der Waals surface area contributed by atoms with Crippen LogP contribution in [0.3, 0.4) is 0 Å². The molecule has 0 spiro atoms. The van der Waals surface area contributed by atoms with E-state index in [0.29, 0.717) is 19.3 Å². The lowest BCUT2D eigenvalue weighted by Gasteiger charge is -2.15. The molecule has 0 radical (unpaired) electrons. The first-order valence-corrected chi connectivity index (χ1v) is 16.7. The second-order valence-electron chi connectivity index (χ2n) is 11.8. The molecule has 0 aromatic carbocycles. The van der Waals surface area contributed by atoms with Crippen molar-refractivity contribution in [3.8, 4) is 0 Å². The van der Waals surface area contributed by atoms with Crippen molar-refractivity contribution in [3.05, 3.63) is 24.3 Å². The Hall–Kier alpha value is -1.95. The molecule has 0 saturated carbocycles. The Morgan fingerprint density at radius 3 is 1.83 bits per heavy atom. The van der Waals surface area contributed by atoms with Gasteiger partial charge in [0.05, 0.1) is 6.61 Å². The SMILES string of the molecule is CCCCC/C=C\C=C\C(=O)CCCCCCCC(=O)OC[C@H](CO)OC(=O)CCCCCCCCCCC(C)C. The minimum atomic E-state index is -0.805. The van der Waals surface area contributed by atoms with Crippen LogP contribution in [0.4, 0.5) is 0 Å². The van der Waals surface area contributed by atoms with Gasteiger partial charge in [0.2, 0.25) is 0 Å². The highest BCUT2D eigenvalue weighted by Crippen LogP contribution is 2.14. The second kappa shape index (κ2) is 29.5. The molecular formula is C35H62O6. The number of ether oxygens (including phenoxy) is 2. The molecule has 0 aliphatic rings. The molecule has 0 aromatic heterocycles. The summed E-state index contributed by atoms with van der Waals surface area (Å²) in [6, 6.07) is 0. The van der Waals surface area contributed by atoms with Crippen LogP contribution in [0.15, 0.2) is 24.3 Å². The van der Waals surface area contributed by atoms with E-state index in [0.717, 1.165) is 63.7 Å². The molecule has 0 bridgehead atoms. The standard InChI is InChI=1S/C35H62O6/c1-4-5-6-7-10-15-20-25-32(37)26-21-16-13-18-22-27-34(38)40-30-33(29-36)41-35(39)28-23-17-12-9-8-11-14-19-24-31(2)3/h10,15,20,25,31,33,36H,4-9,11-14,16-19,21-24,26-30H2,1-3H3/b15-10-,25-20+/t33-/m0/s1. The van der Waals surface area contributed by atoms with Crippen LogP contribution in [0.1, 0.15) is 156 Å². The lowest BCUT2D eigenvalue weighted by atomic mass is 10.0. The average Bonchev–Trinajstić information content (AvgIpc) is 2.95. The molecule has 0 amide bonds. The van der Waals surface area contributed by atoms with Crippen LogP contribution in [0.5, 0.6) is 0 Å². The number of ketones is 1. The molecule has 0 heterocycles. The number of hydrogen-bond acceptors (Lipinski definition) is 6. The Morgan fingerprint density at radius 2 is 1.24 bits per heavy atom. The summed E-state index contributed by atoms with van der Waals surface area (Å²) in [5.74, 6) is 0.265. The fourth-order valence-corrected chi connectivity index (χ4v) is 4.54. The molecule has 0 aromatic rings. The molecule has 0 rings (SSSR count). The van der Waals surface area contributed by atoms with Crippen LogP contribution in [-0.4, -0.2) is 42.1 Å². The summed E-state index contributed by atoms with van der Waals surface area (Å²) in [5, 5.41) is 9.48. The zero-order valence-electron chi connectivity index (χ0n) is 26.7. The molecule has 1 atom stereocenters. The van der Waals surface area contributed by atoms with Crippen molar-refractivity contribution in [1.29, 1.82) is 0 Å². The Bertz CT molecular complexity index is 697. The van der Waals surface area contributed by atoms with Gasteiger partial charge in [-0.2, -0.15) is 0 Å². The zero-order valence-corrected chi connectivity index (χ0v) is 26.7. The maximum atomic E-state index is 12.1. The number of rotatable bonds is 29. The molecule has 0 fully saturated rings. The van der Waals surface area contributed by atoms with Gasteiger partial charge in [0.15, 0.2) is 11.9 Å². The van der Waals surface area contributed by atoms with E-state index < -0.39 is 6.10 Å². The van der Waals surface area contributed by atoms with Gasteiger partial charge in [0.25, 0.3) is 0 Å². The third-order valence-corrected chi connectivity index (χ3v) is 7.15. The summed E-state index contributed by atoms with van der Waals surface area (Å²) in [4.78, 5) is 36.0. The molecule has 6 nitrogen and oxygen atoms in total. The van der Waals surface area contributed by atoms with Crippen LogP contribution >= 0.6 is 0 Å². The third kappa shape index (κ3) is 29.3. The zero-order chi connectivity index (χ0) is 30.4. The van der Waals surface area contributed by atoms with Gasteiger partial charge in [-0.15, -0.1) is 0 Å². The lowest BCUT2D eigenvalue weighted by Crippen LogP contribution is -2.28. The minimum absolute atomic E-state index is 0.110. The number of aliphatic hydroxyl groups is 1. The number of aliphatic hydroxyl groups excluding tert-OH is 1. The van der Waals surface area contributed by atoms with Gasteiger partial charge in [-0.25, -0.2) is 0 Å². The van der Waals surface area contributed by atoms with Crippen LogP contribution in [0.25, 0.3) is 0 Å². The van der Waals surface area contributed by atoms with Gasteiger partial charge in [0, 0.05) is 19.3 Å². The molecule has 0 aliphatic carbocycles. The van der Waals surface area contributed by atoms with Gasteiger partial charge in [-0.1, -0.05) is 122 Å². The smallest absolute Gasteiger partial charge is 0.306 e. The van der Waals surface area contributed by atoms with Gasteiger partial charge < -0.3 is 14.6 Å². The van der Waals surface area contributed by atoms with Crippen LogP contribution in [0, 0.1) is 5.92 Å². The second-order valence-corrected chi connectivity index (χ2v) is 11.8. The quantitative estimate of drug-likeness (QED) is 0.0412. The van der Waals surface area contributed by atoms with Crippen molar-refractivity contribution in [2.24, 2.45) is 5.92 Å². The highest BCUT2D eigenvalue weighted by molar-refractivity contribution is 5.89. The fraction of sp³-hybridized carbons (Fsp3) is 0.800. The first-order valence-electron chi connectivity index (χ1n) is 16.7. The van der Waals surface area contributed by atoms with Crippen LogP contribution in [0.2, 0.25) is 0 Å². The van der Waals surface area contributed by atoms with Crippen molar-refractivity contribution < 1.29 is 29.0 Å². The summed E-state index contributed by atoms with van der Waals surface area (Å²) < 4.78 is 10.5. The first kappa shape index (κ1) is 39.0. The summed E-state index contributed by atoms with van der Waals surface area (Å²) >= 11 is 0. The summed E-state index contributed by atoms with van der Waals surface area (Å²) in [6.45, 7) is 6.26. The van der Waals surface area contributed by atoms with Gasteiger partial charge in [-0.05, 0) is 44.1 Å². The molecule has 238 valence electrons. The van der Waals surface area contributed by atoms with Gasteiger partial charge >= 0.3 is 11.9 Å². The molecule has 0 saturated heterocycles. The normalized spacial score (nSPS) is 12.4. The molecule has 41 heavy (non-hydrogen) atoms. The van der Waals surface area contributed by atoms with E-state index in [1.54, 1.807) is 6.08 Å². The van der Waals surface area contributed by atoms with E-state index in [4.69, 9.17) is 9.47 Å². The van der Waals surface area contributed by atoms with Crippen molar-refractivity contribution in [2.75, 3.05) is 13.2 Å². The van der Waals surface area contributed by atoms with Crippen molar-refractivity contribution in [1.82, 2.24) is 0 Å². The first-order chi connectivity index (χ1) is 19.9. The van der Waals surface area contributed by atoms with Crippen molar-refractivity contribution in [2.45, 2.75) is 162 Å². The summed E-state index contributed by atoms with van der Waals surface area (Å²) in [7, 11) is 0. The Balaban J connectivity index is 3.70. The highest BCUT2D eigenvalue weighted by atomic mass is 16.6. The fourth-order valence-electron chi connectivity index (χ4n) is 4.54. The summed E-state index contributed by atoms with van der Waals surface area (Å²) in [5.41, 5.74) is 0. The number of carbonyl (C=O) groups is 3. The number of carbonyl (C=O) groups excluding carboxylic acids is 3. The molecule has 0 unspecified atom stereocenters. The summed E-state index contributed by atoms with van der Waals surface area (Å²) in [6.07, 6.45) is 27.7. The average molecular weight is 579 g/mol. The van der Waals surface area contributed by atoms with Crippen molar-refractivity contribution >= 4 is 17.7 Å². The van der Waals surface area contributed by atoms with E-state index >= 15 is 0 Å². The number of esters is 2. The molecule has 1 N–H and O–H groups in total. The largest absolute Gasteiger partial charge is 0.462 e. The predicted molar refractivity (Wildman–Crippen MR) is 169 cm³/mol. The Labute approximate surface area is 251 Å². The topological polar surface area (TPSA) is 89.9 Å². The third-order valence-electron chi connectivity index (χ3n) is 7.15. The van der Waals surface area contributed by atoms with E-state index in [2.05, 4.69) is 26.8 Å². The molecule has 6 heteroatoms. The lowest BCUT2D eigenvalue weighted by molar-refractivity contribution is -0.161. The van der Waals surface area contributed by atoms with Crippen molar-refractivity contribution in [3.63, 3.8) is 0 Å². The van der Waals surface area contributed by atoms with E-state index in [-0.39, 0.29) is 30.9 Å². The minimum Gasteiger partial charge on any atom is -0.462 e. The van der Waals surface area contributed by atoms with Crippen LogP contribution in [-0.2, 0) is 23.9 Å². The van der Waals surface area contributed by atoms with Gasteiger partial charge in [0.1, 0.15) is 6.61 Å². The van der Waals surface area contributed by atoms with E-state index in [1.807, 2.05) is 12.2 Å². The van der Waals surface area contributed by atoms with Gasteiger partial charge in [-0.3, -0.25) is 14.4 Å². The number of hydrogen-bond donors (Lipinski definition) is 1. The number of allylic oxidation sites excluding steroid dienone is 4. The monoisotopic (exact) mass is 578 g/mol. The Morgan fingerprint density at radius 1 is 0.683 bits per heavy atom. The van der Waals surface area contributed by atoms with E-state index in [9.17, 15) is 19.5 Å². The van der Waals surface area contributed by atoms with E-state index in [1.165, 1.54) is 57.8 Å². The molecule has 0 aliphatic heterocycles.